The van der Waals surface area contributed by atoms with Gasteiger partial charge in [0.05, 0.1) is 0 Å². The number of carbonyl (C=O) groups is 1. The van der Waals surface area contributed by atoms with Crippen LogP contribution in [0.2, 0.25) is 0 Å². The lowest BCUT2D eigenvalue weighted by atomic mass is 9.87. The highest BCUT2D eigenvalue weighted by molar-refractivity contribution is 5.81. The van der Waals surface area contributed by atoms with Gasteiger partial charge in [0.25, 0.3) is 0 Å². The fourth-order valence-corrected chi connectivity index (χ4v) is 2.87. The van der Waals surface area contributed by atoms with Gasteiger partial charge in [-0.1, -0.05) is 54.6 Å². The number of carboxylic acids is 1. The highest BCUT2D eigenvalue weighted by atomic mass is 16.4. The predicted octanol–water partition coefficient (Wildman–Crippen LogP) is 3.02. The normalized spacial score (nSPS) is 21.8. The van der Waals surface area contributed by atoms with E-state index >= 15 is 0 Å². The van der Waals surface area contributed by atoms with E-state index in [1.807, 2.05) is 42.5 Å². The molecule has 2 N–H and O–H groups in total. The number of aliphatic carboxylic acids is 1. The minimum atomic E-state index is -0.908. The van der Waals surface area contributed by atoms with Crippen molar-refractivity contribution in [1.82, 2.24) is 5.32 Å². The van der Waals surface area contributed by atoms with Crippen molar-refractivity contribution < 1.29 is 9.90 Å². The smallest absolute Gasteiger partial charge is 0.328 e. The third-order valence-corrected chi connectivity index (χ3v) is 4.01. The Balaban J connectivity index is 1.95. The summed E-state index contributed by atoms with van der Waals surface area (Å²) in [5, 5.41) is 12.7. The van der Waals surface area contributed by atoms with Gasteiger partial charge in [-0.3, -0.25) is 5.32 Å². The zero-order chi connectivity index (χ0) is 14.0. The average molecular weight is 267 g/mol. The number of carboxylic acid groups (broad SMARTS) is 1. The van der Waals surface area contributed by atoms with Gasteiger partial charge in [0.2, 0.25) is 0 Å². The molecule has 3 rings (SSSR count). The first-order valence-electron chi connectivity index (χ1n) is 6.87. The summed E-state index contributed by atoms with van der Waals surface area (Å²) in [7, 11) is 0. The van der Waals surface area contributed by atoms with Crippen LogP contribution in [0.3, 0.4) is 0 Å². The molecule has 3 heteroatoms. The summed E-state index contributed by atoms with van der Waals surface area (Å²) in [6.07, 6.45) is 1.54. The summed E-state index contributed by atoms with van der Waals surface area (Å²) in [5.74, 6) is -0.789. The molecule has 0 aromatic heterocycles. The third-order valence-electron chi connectivity index (χ3n) is 4.01. The van der Waals surface area contributed by atoms with Crippen LogP contribution in [0, 0.1) is 0 Å². The van der Waals surface area contributed by atoms with E-state index in [4.69, 9.17) is 0 Å². The van der Waals surface area contributed by atoms with Gasteiger partial charge in [-0.15, -0.1) is 0 Å². The van der Waals surface area contributed by atoms with Gasteiger partial charge in [-0.25, -0.2) is 4.79 Å². The Bertz CT molecular complexity index is 599. The Morgan fingerprint density at radius 1 is 1.00 bits per heavy atom. The van der Waals surface area contributed by atoms with Crippen LogP contribution >= 0.6 is 0 Å². The molecule has 0 bridgehead atoms. The monoisotopic (exact) mass is 267 g/mol. The van der Waals surface area contributed by atoms with Crippen molar-refractivity contribution in [3.05, 3.63) is 60.2 Å². The van der Waals surface area contributed by atoms with Gasteiger partial charge >= 0.3 is 5.97 Å². The molecule has 0 spiro atoms. The molecule has 0 radical (unpaired) electrons. The van der Waals surface area contributed by atoms with Crippen molar-refractivity contribution in [2.45, 2.75) is 18.4 Å². The maximum Gasteiger partial charge on any atom is 0.328 e. The van der Waals surface area contributed by atoms with E-state index in [1.165, 1.54) is 0 Å². The first kappa shape index (κ1) is 12.9. The van der Waals surface area contributed by atoms with E-state index in [0.29, 0.717) is 6.42 Å². The molecule has 1 saturated heterocycles. The quantitative estimate of drug-likeness (QED) is 0.898. The van der Waals surface area contributed by atoms with Crippen molar-refractivity contribution in [3.63, 3.8) is 0 Å². The first-order valence-corrected chi connectivity index (χ1v) is 6.87. The fourth-order valence-electron chi connectivity index (χ4n) is 2.87. The maximum atomic E-state index is 11.6. The van der Waals surface area contributed by atoms with Crippen molar-refractivity contribution in [2.24, 2.45) is 0 Å². The van der Waals surface area contributed by atoms with Gasteiger partial charge in [-0.05, 0) is 36.1 Å². The standard InChI is InChI=1S/C17H17NO2/c19-16(20)17(11-4-12-18-17)15-9-7-14(8-10-15)13-5-2-1-3-6-13/h1-3,5-10,18H,4,11-12H2,(H,19,20)/t17-/m1/s1. The molecule has 0 aliphatic carbocycles. The summed E-state index contributed by atoms with van der Waals surface area (Å²) in [4.78, 5) is 11.6. The van der Waals surface area contributed by atoms with E-state index in [0.717, 1.165) is 29.7 Å². The van der Waals surface area contributed by atoms with Crippen LogP contribution in [0.25, 0.3) is 11.1 Å². The van der Waals surface area contributed by atoms with Crippen LogP contribution in [0.1, 0.15) is 18.4 Å². The molecule has 0 unspecified atom stereocenters. The summed E-state index contributed by atoms with van der Waals surface area (Å²) < 4.78 is 0. The number of hydrogen-bond acceptors (Lipinski definition) is 2. The zero-order valence-corrected chi connectivity index (χ0v) is 11.2. The molecule has 0 amide bonds. The molecule has 102 valence electrons. The number of benzene rings is 2. The summed E-state index contributed by atoms with van der Waals surface area (Å²) in [5.41, 5.74) is 2.17. The van der Waals surface area contributed by atoms with Crippen LogP contribution in [-0.2, 0) is 10.3 Å². The molecule has 3 nitrogen and oxygen atoms in total. The Kier molecular flexibility index (Phi) is 3.28. The van der Waals surface area contributed by atoms with E-state index < -0.39 is 11.5 Å². The van der Waals surface area contributed by atoms with Crippen molar-refractivity contribution in [1.29, 1.82) is 0 Å². The second kappa shape index (κ2) is 5.10. The van der Waals surface area contributed by atoms with E-state index in [1.54, 1.807) is 0 Å². The fraction of sp³-hybridized carbons (Fsp3) is 0.235. The number of hydrogen-bond donors (Lipinski definition) is 2. The van der Waals surface area contributed by atoms with Crippen molar-refractivity contribution in [2.75, 3.05) is 6.54 Å². The highest BCUT2D eigenvalue weighted by Crippen LogP contribution is 2.32. The Labute approximate surface area is 118 Å². The summed E-state index contributed by atoms with van der Waals surface area (Å²) in [6.45, 7) is 0.757. The van der Waals surface area contributed by atoms with Crippen molar-refractivity contribution >= 4 is 5.97 Å². The van der Waals surface area contributed by atoms with Gasteiger partial charge in [-0.2, -0.15) is 0 Å². The molecule has 2 aromatic carbocycles. The van der Waals surface area contributed by atoms with Gasteiger partial charge < -0.3 is 5.11 Å². The van der Waals surface area contributed by atoms with Gasteiger partial charge in [0.15, 0.2) is 0 Å². The van der Waals surface area contributed by atoms with Gasteiger partial charge in [0, 0.05) is 0 Å². The Hall–Kier alpha value is -2.13. The van der Waals surface area contributed by atoms with E-state index in [9.17, 15) is 9.90 Å². The third kappa shape index (κ3) is 2.10. The molecule has 0 saturated carbocycles. The molecule has 1 aliphatic heterocycles. The second-order valence-corrected chi connectivity index (χ2v) is 5.18. The average Bonchev–Trinajstić information content (AvgIpc) is 2.99. The van der Waals surface area contributed by atoms with Crippen LogP contribution in [0.15, 0.2) is 54.6 Å². The van der Waals surface area contributed by atoms with Crippen LogP contribution in [-0.4, -0.2) is 17.6 Å². The minimum Gasteiger partial charge on any atom is -0.480 e. The van der Waals surface area contributed by atoms with E-state index in [2.05, 4.69) is 17.4 Å². The molecule has 2 aromatic rings. The molecule has 1 aliphatic rings. The first-order chi connectivity index (χ1) is 9.72. The van der Waals surface area contributed by atoms with Gasteiger partial charge in [0.1, 0.15) is 5.54 Å². The maximum absolute atomic E-state index is 11.6. The SMILES string of the molecule is O=C(O)[C@]1(c2ccc(-c3ccccc3)cc2)CCCN1. The zero-order valence-electron chi connectivity index (χ0n) is 11.2. The topological polar surface area (TPSA) is 49.3 Å². The molecule has 20 heavy (non-hydrogen) atoms. The molecular formula is C17H17NO2. The van der Waals surface area contributed by atoms with Crippen LogP contribution in [0.5, 0.6) is 0 Å². The lowest BCUT2D eigenvalue weighted by molar-refractivity contribution is -0.144. The minimum absolute atomic E-state index is 0.646. The molecule has 1 atom stereocenters. The number of nitrogens with one attached hydrogen (secondary N) is 1. The predicted molar refractivity (Wildman–Crippen MR) is 78.4 cm³/mol. The Morgan fingerprint density at radius 2 is 1.65 bits per heavy atom. The lowest BCUT2D eigenvalue weighted by Gasteiger charge is -2.25. The lowest BCUT2D eigenvalue weighted by Crippen LogP contribution is -2.44. The molecular weight excluding hydrogens is 250 g/mol. The van der Waals surface area contributed by atoms with Crippen LogP contribution < -0.4 is 5.32 Å². The molecule has 1 fully saturated rings. The summed E-state index contributed by atoms with van der Waals surface area (Å²) >= 11 is 0. The Morgan fingerprint density at radius 3 is 2.20 bits per heavy atom. The summed E-state index contributed by atoms with van der Waals surface area (Å²) in [6, 6.07) is 17.9. The highest BCUT2D eigenvalue weighted by Gasteiger charge is 2.42. The van der Waals surface area contributed by atoms with Crippen LogP contribution in [0.4, 0.5) is 0 Å². The second-order valence-electron chi connectivity index (χ2n) is 5.18. The van der Waals surface area contributed by atoms with Crippen molar-refractivity contribution in [3.8, 4) is 11.1 Å². The number of rotatable bonds is 3. The molecule has 1 heterocycles. The van der Waals surface area contributed by atoms with E-state index in [-0.39, 0.29) is 0 Å². The largest absolute Gasteiger partial charge is 0.480 e.